The van der Waals surface area contributed by atoms with Crippen LogP contribution in [0.15, 0.2) is 12.7 Å². The molecule has 0 saturated heterocycles. The molecule has 0 aromatic rings. The van der Waals surface area contributed by atoms with Gasteiger partial charge in [0.05, 0.1) is 0 Å². The van der Waals surface area contributed by atoms with Crippen LogP contribution in [0.1, 0.15) is 136 Å². The summed E-state index contributed by atoms with van der Waals surface area (Å²) in [6.45, 7) is 8.43. The van der Waals surface area contributed by atoms with E-state index < -0.39 is 0 Å². The first-order valence-electron chi connectivity index (χ1n) is 11.4. The van der Waals surface area contributed by atoms with E-state index in [1.807, 2.05) is 0 Å². The molecule has 0 heterocycles. The molecule has 0 bridgehead atoms. The average Bonchev–Trinajstić information content (AvgIpc) is 2.60. The molecule has 144 valence electrons. The Morgan fingerprint density at radius 3 is 1.12 bits per heavy atom. The topological polar surface area (TPSA) is 0 Å². The van der Waals surface area contributed by atoms with E-state index in [9.17, 15) is 0 Å². The van der Waals surface area contributed by atoms with Gasteiger partial charge in [-0.05, 0) is 12.3 Å². The van der Waals surface area contributed by atoms with Gasteiger partial charge in [0.2, 0.25) is 0 Å². The summed E-state index contributed by atoms with van der Waals surface area (Å²) in [6.07, 6.45) is 29.7. The van der Waals surface area contributed by atoms with E-state index in [1.54, 1.807) is 0 Å². The third-order valence-corrected chi connectivity index (χ3v) is 5.42. The Bertz CT molecular complexity index is 230. The zero-order chi connectivity index (χ0) is 17.7. The molecule has 0 aromatic heterocycles. The largest absolute Gasteiger partial charge is 0.103 e. The molecule has 0 amide bonds. The Morgan fingerprint density at radius 2 is 0.833 bits per heavy atom. The van der Waals surface area contributed by atoms with E-state index in [2.05, 4.69) is 26.5 Å². The van der Waals surface area contributed by atoms with E-state index in [0.717, 1.165) is 0 Å². The lowest BCUT2D eigenvalue weighted by atomic mass is 10.0. The molecule has 1 unspecified atom stereocenters. The first kappa shape index (κ1) is 23.7. The molecule has 0 N–H and O–H groups in total. The summed E-state index contributed by atoms with van der Waals surface area (Å²) in [4.78, 5) is 0. The fraction of sp³-hybridized carbons (Fsp3) is 0.917. The highest BCUT2D eigenvalue weighted by Crippen LogP contribution is 2.15. The zero-order valence-electron chi connectivity index (χ0n) is 17.3. The third kappa shape index (κ3) is 19.8. The summed E-state index contributed by atoms with van der Waals surface area (Å²) >= 11 is 0. The molecule has 0 fully saturated rings. The predicted molar refractivity (Wildman–Crippen MR) is 113 cm³/mol. The van der Waals surface area contributed by atoms with Crippen LogP contribution in [-0.4, -0.2) is 0 Å². The lowest BCUT2D eigenvalue weighted by molar-refractivity contribution is 0.515. The van der Waals surface area contributed by atoms with Crippen molar-refractivity contribution in [3.8, 4) is 0 Å². The average molecular weight is 337 g/mol. The number of allylic oxidation sites excluding steroid dienone is 1. The summed E-state index contributed by atoms with van der Waals surface area (Å²) in [5, 5.41) is 0. The molecule has 0 aliphatic rings. The van der Waals surface area contributed by atoms with E-state index in [-0.39, 0.29) is 0 Å². The van der Waals surface area contributed by atoms with Gasteiger partial charge >= 0.3 is 0 Å². The minimum absolute atomic E-state index is 0.714. The van der Waals surface area contributed by atoms with Crippen LogP contribution in [0.25, 0.3) is 0 Å². The van der Waals surface area contributed by atoms with Crippen LogP contribution >= 0.6 is 0 Å². The van der Waals surface area contributed by atoms with Gasteiger partial charge in [0.25, 0.3) is 0 Å². The van der Waals surface area contributed by atoms with Crippen LogP contribution in [0.4, 0.5) is 0 Å². The summed E-state index contributed by atoms with van der Waals surface area (Å²) in [5.74, 6) is 0.714. The van der Waals surface area contributed by atoms with Gasteiger partial charge in [-0.25, -0.2) is 0 Å². The highest BCUT2D eigenvalue weighted by molar-refractivity contribution is 4.74. The van der Waals surface area contributed by atoms with E-state index in [0.29, 0.717) is 5.92 Å². The quantitative estimate of drug-likeness (QED) is 0.153. The van der Waals surface area contributed by atoms with Gasteiger partial charge in [0.1, 0.15) is 0 Å². The number of hydrogen-bond acceptors (Lipinski definition) is 0. The Kier molecular flexibility index (Phi) is 20.6. The highest BCUT2D eigenvalue weighted by atomic mass is 14.0. The first-order chi connectivity index (χ1) is 11.8. The van der Waals surface area contributed by atoms with Crippen LogP contribution in [-0.2, 0) is 0 Å². The lowest BCUT2D eigenvalue weighted by Crippen LogP contribution is -1.89. The molecule has 1 atom stereocenters. The molecular weight excluding hydrogens is 288 g/mol. The van der Waals surface area contributed by atoms with Crippen molar-refractivity contribution in [2.24, 2.45) is 5.92 Å². The maximum absolute atomic E-state index is 3.86. The Labute approximate surface area is 154 Å². The second-order valence-corrected chi connectivity index (χ2v) is 8.01. The van der Waals surface area contributed by atoms with Crippen LogP contribution in [0.3, 0.4) is 0 Å². The van der Waals surface area contributed by atoms with Crippen molar-refractivity contribution in [2.45, 2.75) is 136 Å². The maximum Gasteiger partial charge on any atom is -0.0265 e. The number of rotatable bonds is 20. The molecule has 0 rings (SSSR count). The van der Waals surface area contributed by atoms with Crippen molar-refractivity contribution in [1.29, 1.82) is 0 Å². The van der Waals surface area contributed by atoms with Crippen molar-refractivity contribution in [2.75, 3.05) is 0 Å². The monoisotopic (exact) mass is 336 g/mol. The molecule has 0 nitrogen and oxygen atoms in total. The minimum Gasteiger partial charge on any atom is -0.103 e. The second kappa shape index (κ2) is 20.8. The minimum atomic E-state index is 0.714. The van der Waals surface area contributed by atoms with E-state index in [4.69, 9.17) is 0 Å². The Balaban J connectivity index is 2.99. The SMILES string of the molecule is C=CC(C)CCCCCCCCCCCCCCCCCCCC. The maximum atomic E-state index is 3.86. The van der Waals surface area contributed by atoms with Crippen molar-refractivity contribution in [1.82, 2.24) is 0 Å². The molecule has 0 heteroatoms. The van der Waals surface area contributed by atoms with Crippen LogP contribution in [0, 0.1) is 5.92 Å². The van der Waals surface area contributed by atoms with Gasteiger partial charge in [0.15, 0.2) is 0 Å². The van der Waals surface area contributed by atoms with Crippen molar-refractivity contribution >= 4 is 0 Å². The van der Waals surface area contributed by atoms with Gasteiger partial charge in [-0.15, -0.1) is 6.58 Å². The van der Waals surface area contributed by atoms with Gasteiger partial charge in [-0.3, -0.25) is 0 Å². The molecular formula is C24H48. The second-order valence-electron chi connectivity index (χ2n) is 8.01. The third-order valence-electron chi connectivity index (χ3n) is 5.42. The number of unbranched alkanes of at least 4 members (excludes halogenated alkanes) is 17. The van der Waals surface area contributed by atoms with Crippen LogP contribution in [0.2, 0.25) is 0 Å². The Hall–Kier alpha value is -0.260. The molecule has 0 saturated carbocycles. The fourth-order valence-electron chi connectivity index (χ4n) is 3.49. The first-order valence-corrected chi connectivity index (χ1v) is 11.4. The normalized spacial score (nSPS) is 12.4. The van der Waals surface area contributed by atoms with Crippen molar-refractivity contribution < 1.29 is 0 Å². The van der Waals surface area contributed by atoms with E-state index >= 15 is 0 Å². The van der Waals surface area contributed by atoms with E-state index in [1.165, 1.54) is 122 Å². The standard InChI is InChI=1S/C24H48/c1-4-6-7-8-9-10-11-12-13-14-15-16-17-18-19-20-21-22-23-24(3)5-2/h5,24H,2,4,6-23H2,1,3H3. The van der Waals surface area contributed by atoms with Gasteiger partial charge < -0.3 is 0 Å². The predicted octanol–water partition coefficient (Wildman–Crippen LogP) is 9.24. The summed E-state index contributed by atoms with van der Waals surface area (Å²) in [6, 6.07) is 0. The fourth-order valence-corrected chi connectivity index (χ4v) is 3.49. The molecule has 0 aromatic carbocycles. The molecule has 0 aliphatic carbocycles. The summed E-state index contributed by atoms with van der Waals surface area (Å²) < 4.78 is 0. The number of hydrogen-bond donors (Lipinski definition) is 0. The van der Waals surface area contributed by atoms with Crippen LogP contribution in [0.5, 0.6) is 0 Å². The highest BCUT2D eigenvalue weighted by Gasteiger charge is 1.97. The lowest BCUT2D eigenvalue weighted by Gasteiger charge is -2.05. The summed E-state index contributed by atoms with van der Waals surface area (Å²) in [7, 11) is 0. The zero-order valence-corrected chi connectivity index (χ0v) is 17.3. The van der Waals surface area contributed by atoms with Gasteiger partial charge in [-0.1, -0.05) is 135 Å². The van der Waals surface area contributed by atoms with Crippen LogP contribution < -0.4 is 0 Å². The molecule has 0 aliphatic heterocycles. The molecule has 0 spiro atoms. The molecule has 0 radical (unpaired) electrons. The molecule has 24 heavy (non-hydrogen) atoms. The van der Waals surface area contributed by atoms with Crippen molar-refractivity contribution in [3.63, 3.8) is 0 Å². The smallest absolute Gasteiger partial charge is 0.0265 e. The van der Waals surface area contributed by atoms with Gasteiger partial charge in [0, 0.05) is 0 Å². The Morgan fingerprint density at radius 1 is 0.542 bits per heavy atom. The van der Waals surface area contributed by atoms with Crippen molar-refractivity contribution in [3.05, 3.63) is 12.7 Å². The van der Waals surface area contributed by atoms with Gasteiger partial charge in [-0.2, -0.15) is 0 Å². The summed E-state index contributed by atoms with van der Waals surface area (Å²) in [5.41, 5.74) is 0.